The Labute approximate surface area is 116 Å². The summed E-state index contributed by atoms with van der Waals surface area (Å²) in [7, 11) is 1.95. The molecule has 19 heavy (non-hydrogen) atoms. The molecule has 2 aromatic rings. The molecule has 0 fully saturated rings. The highest BCUT2D eigenvalue weighted by molar-refractivity contribution is 5.43. The van der Waals surface area contributed by atoms with E-state index in [1.165, 1.54) is 11.1 Å². The van der Waals surface area contributed by atoms with Crippen LogP contribution >= 0.6 is 0 Å². The van der Waals surface area contributed by atoms with Crippen LogP contribution in [0.15, 0.2) is 54.6 Å². The molecule has 0 bridgehead atoms. The van der Waals surface area contributed by atoms with Crippen LogP contribution in [0.4, 0.5) is 5.69 Å². The number of benzene rings is 2. The minimum Gasteiger partial charge on any atom is -0.388 e. The summed E-state index contributed by atoms with van der Waals surface area (Å²) in [6, 6.07) is 19.3. The fraction of sp³-hybridized carbons (Fsp3) is 0.294. The molecule has 100 valence electrons. The molecule has 0 amide bonds. The Balaban J connectivity index is 1.98. The minimum atomic E-state index is 0.995. The Morgan fingerprint density at radius 2 is 1.42 bits per heavy atom. The van der Waals surface area contributed by atoms with Gasteiger partial charge in [-0.2, -0.15) is 0 Å². The van der Waals surface area contributed by atoms with Gasteiger partial charge in [0.05, 0.1) is 0 Å². The summed E-state index contributed by atoms with van der Waals surface area (Å²) in [5, 5.41) is 3.15. The third-order valence-electron chi connectivity index (χ3n) is 3.35. The lowest BCUT2D eigenvalue weighted by molar-refractivity contribution is 0.271. The fourth-order valence-corrected chi connectivity index (χ4v) is 2.16. The lowest BCUT2D eigenvalue weighted by atomic mass is 10.1. The Hall–Kier alpha value is -1.80. The highest BCUT2D eigenvalue weighted by atomic mass is 15.1. The molecule has 0 aliphatic heterocycles. The van der Waals surface area contributed by atoms with Crippen LogP contribution < -0.4 is 5.32 Å². The molecule has 0 atom stereocenters. The molecular formula is C17H22N2. The summed E-state index contributed by atoms with van der Waals surface area (Å²) < 4.78 is 0. The van der Waals surface area contributed by atoms with Gasteiger partial charge in [0, 0.05) is 25.8 Å². The van der Waals surface area contributed by atoms with Gasteiger partial charge in [0.2, 0.25) is 0 Å². The van der Waals surface area contributed by atoms with E-state index in [0.717, 1.165) is 25.3 Å². The number of rotatable bonds is 6. The van der Waals surface area contributed by atoms with Crippen molar-refractivity contribution in [2.45, 2.75) is 20.0 Å². The van der Waals surface area contributed by atoms with Crippen molar-refractivity contribution in [1.82, 2.24) is 4.90 Å². The van der Waals surface area contributed by atoms with Crippen LogP contribution in [0, 0.1) is 0 Å². The molecule has 0 aliphatic rings. The van der Waals surface area contributed by atoms with Crippen molar-refractivity contribution in [1.29, 1.82) is 0 Å². The minimum absolute atomic E-state index is 0.995. The van der Waals surface area contributed by atoms with Gasteiger partial charge in [0.25, 0.3) is 0 Å². The monoisotopic (exact) mass is 254 g/mol. The molecule has 0 unspecified atom stereocenters. The quantitative estimate of drug-likeness (QED) is 0.844. The molecule has 2 nitrogen and oxygen atoms in total. The number of hydrogen-bond donors (Lipinski definition) is 1. The van der Waals surface area contributed by atoms with Crippen molar-refractivity contribution in [2.75, 3.05) is 18.9 Å². The average molecular weight is 254 g/mol. The largest absolute Gasteiger partial charge is 0.388 e. The standard InChI is InChI=1S/C17H22N2/c1-3-19(13-15-7-5-4-6-8-15)14-16-9-11-17(18-2)12-10-16/h4-12,18H,3,13-14H2,1-2H3. The van der Waals surface area contributed by atoms with Gasteiger partial charge in [-0.05, 0) is 29.8 Å². The van der Waals surface area contributed by atoms with Crippen LogP contribution in [-0.2, 0) is 13.1 Å². The van der Waals surface area contributed by atoms with E-state index in [2.05, 4.69) is 71.7 Å². The molecule has 0 saturated carbocycles. The van der Waals surface area contributed by atoms with E-state index in [4.69, 9.17) is 0 Å². The first kappa shape index (κ1) is 13.6. The Kier molecular flexibility index (Phi) is 4.99. The van der Waals surface area contributed by atoms with Gasteiger partial charge in [0.1, 0.15) is 0 Å². The van der Waals surface area contributed by atoms with E-state index in [1.54, 1.807) is 0 Å². The van der Waals surface area contributed by atoms with Crippen LogP contribution in [0.2, 0.25) is 0 Å². The summed E-state index contributed by atoms with van der Waals surface area (Å²) in [6.07, 6.45) is 0. The predicted octanol–water partition coefficient (Wildman–Crippen LogP) is 3.75. The van der Waals surface area contributed by atoms with Gasteiger partial charge in [-0.3, -0.25) is 4.90 Å². The molecular weight excluding hydrogens is 232 g/mol. The summed E-state index contributed by atoms with van der Waals surface area (Å²) in [5.41, 5.74) is 3.89. The number of nitrogens with one attached hydrogen (secondary N) is 1. The second-order valence-corrected chi connectivity index (χ2v) is 4.74. The number of anilines is 1. The summed E-state index contributed by atoms with van der Waals surface area (Å²) >= 11 is 0. The molecule has 0 aliphatic carbocycles. The molecule has 0 heterocycles. The number of hydrogen-bond acceptors (Lipinski definition) is 2. The van der Waals surface area contributed by atoms with Crippen molar-refractivity contribution in [3.05, 3.63) is 65.7 Å². The van der Waals surface area contributed by atoms with E-state index < -0.39 is 0 Å². The van der Waals surface area contributed by atoms with Gasteiger partial charge in [-0.25, -0.2) is 0 Å². The van der Waals surface area contributed by atoms with E-state index in [9.17, 15) is 0 Å². The third kappa shape index (κ3) is 4.11. The molecule has 2 heteroatoms. The van der Waals surface area contributed by atoms with Crippen molar-refractivity contribution in [3.63, 3.8) is 0 Å². The first-order valence-corrected chi connectivity index (χ1v) is 6.84. The first-order chi connectivity index (χ1) is 9.31. The van der Waals surface area contributed by atoms with Gasteiger partial charge in [0.15, 0.2) is 0 Å². The zero-order chi connectivity index (χ0) is 13.5. The summed E-state index contributed by atoms with van der Waals surface area (Å²) in [6.45, 7) is 5.27. The van der Waals surface area contributed by atoms with Crippen molar-refractivity contribution in [3.8, 4) is 0 Å². The second-order valence-electron chi connectivity index (χ2n) is 4.74. The van der Waals surface area contributed by atoms with Crippen molar-refractivity contribution >= 4 is 5.69 Å². The van der Waals surface area contributed by atoms with Gasteiger partial charge >= 0.3 is 0 Å². The maximum Gasteiger partial charge on any atom is 0.0337 e. The normalized spacial score (nSPS) is 10.7. The van der Waals surface area contributed by atoms with E-state index >= 15 is 0 Å². The van der Waals surface area contributed by atoms with E-state index in [0.29, 0.717) is 0 Å². The third-order valence-corrected chi connectivity index (χ3v) is 3.35. The molecule has 2 aromatic carbocycles. The second kappa shape index (κ2) is 6.95. The maximum atomic E-state index is 3.15. The molecule has 0 aromatic heterocycles. The summed E-state index contributed by atoms with van der Waals surface area (Å²) in [4.78, 5) is 2.45. The average Bonchev–Trinajstić information content (AvgIpc) is 2.48. The smallest absolute Gasteiger partial charge is 0.0337 e. The van der Waals surface area contributed by atoms with Crippen LogP contribution in [-0.4, -0.2) is 18.5 Å². The van der Waals surface area contributed by atoms with Gasteiger partial charge < -0.3 is 5.32 Å². The highest BCUT2D eigenvalue weighted by Gasteiger charge is 2.04. The van der Waals surface area contributed by atoms with Gasteiger partial charge in [-0.15, -0.1) is 0 Å². The first-order valence-electron chi connectivity index (χ1n) is 6.84. The Bertz CT molecular complexity index is 476. The molecule has 2 rings (SSSR count). The van der Waals surface area contributed by atoms with Crippen molar-refractivity contribution < 1.29 is 0 Å². The topological polar surface area (TPSA) is 15.3 Å². The van der Waals surface area contributed by atoms with Crippen molar-refractivity contribution in [2.24, 2.45) is 0 Å². The lowest BCUT2D eigenvalue weighted by Gasteiger charge is -2.20. The lowest BCUT2D eigenvalue weighted by Crippen LogP contribution is -2.22. The Morgan fingerprint density at radius 1 is 0.842 bits per heavy atom. The van der Waals surface area contributed by atoms with Crippen LogP contribution in [0.25, 0.3) is 0 Å². The van der Waals surface area contributed by atoms with Crippen LogP contribution in [0.1, 0.15) is 18.1 Å². The zero-order valence-corrected chi connectivity index (χ0v) is 11.8. The molecule has 0 saturated heterocycles. The predicted molar refractivity (Wildman–Crippen MR) is 82.2 cm³/mol. The molecule has 0 spiro atoms. The SMILES string of the molecule is CCN(Cc1ccccc1)Cc1ccc(NC)cc1. The Morgan fingerprint density at radius 3 is 1.95 bits per heavy atom. The van der Waals surface area contributed by atoms with E-state index in [-0.39, 0.29) is 0 Å². The van der Waals surface area contributed by atoms with E-state index in [1.807, 2.05) is 7.05 Å². The van der Waals surface area contributed by atoms with Gasteiger partial charge in [-0.1, -0.05) is 49.4 Å². The summed E-state index contributed by atoms with van der Waals surface area (Å²) in [5.74, 6) is 0. The molecule has 1 N–H and O–H groups in total. The van der Waals surface area contributed by atoms with Crippen LogP contribution in [0.3, 0.4) is 0 Å². The number of nitrogens with zero attached hydrogens (tertiary/aromatic N) is 1. The zero-order valence-electron chi connectivity index (χ0n) is 11.8. The highest BCUT2D eigenvalue weighted by Crippen LogP contribution is 2.12. The van der Waals surface area contributed by atoms with Crippen LogP contribution in [0.5, 0.6) is 0 Å². The fourth-order valence-electron chi connectivity index (χ4n) is 2.16. The molecule has 0 radical (unpaired) electrons. The maximum absolute atomic E-state index is 3.15.